The van der Waals surface area contributed by atoms with Gasteiger partial charge in [0.15, 0.2) is 6.61 Å². The van der Waals surface area contributed by atoms with Crippen LogP contribution in [0.15, 0.2) is 35.2 Å². The molecule has 0 aliphatic carbocycles. The Morgan fingerprint density at radius 1 is 1.22 bits per heavy atom. The Hall–Kier alpha value is -2.46. The number of fused-ring (bicyclic) bond motifs is 1. The molecular formula is C16H12ClF3N2O4S. The van der Waals surface area contributed by atoms with Crippen molar-refractivity contribution in [2.45, 2.75) is 18.0 Å². The van der Waals surface area contributed by atoms with Gasteiger partial charge in [0.1, 0.15) is 5.75 Å². The van der Waals surface area contributed by atoms with E-state index in [2.05, 4.69) is 10.0 Å². The smallest absolute Gasteiger partial charge is 0.416 e. The number of halogens is 4. The third-order valence-electron chi connectivity index (χ3n) is 3.74. The van der Waals surface area contributed by atoms with Gasteiger partial charge in [0.05, 0.1) is 26.9 Å². The van der Waals surface area contributed by atoms with Gasteiger partial charge in [-0.3, -0.25) is 9.52 Å². The Morgan fingerprint density at radius 2 is 1.93 bits per heavy atom. The fourth-order valence-electron chi connectivity index (χ4n) is 2.49. The minimum atomic E-state index is -4.65. The molecule has 0 bridgehead atoms. The molecule has 2 aromatic rings. The maximum absolute atomic E-state index is 12.9. The van der Waals surface area contributed by atoms with Crippen LogP contribution in [-0.2, 0) is 21.0 Å². The lowest BCUT2D eigenvalue weighted by molar-refractivity contribution is -0.137. The second-order valence-electron chi connectivity index (χ2n) is 5.75. The summed E-state index contributed by atoms with van der Waals surface area (Å²) in [5.74, 6) is -0.248. The van der Waals surface area contributed by atoms with Crippen LogP contribution in [0.3, 0.4) is 0 Å². The van der Waals surface area contributed by atoms with E-state index in [0.29, 0.717) is 11.8 Å². The van der Waals surface area contributed by atoms with E-state index in [9.17, 15) is 26.4 Å². The molecule has 2 N–H and O–H groups in total. The van der Waals surface area contributed by atoms with E-state index >= 15 is 0 Å². The van der Waals surface area contributed by atoms with Crippen LogP contribution in [-0.4, -0.2) is 20.9 Å². The van der Waals surface area contributed by atoms with E-state index in [0.717, 1.165) is 12.1 Å². The number of hydrogen-bond donors (Lipinski definition) is 2. The average Bonchev–Trinajstić information content (AvgIpc) is 2.54. The van der Waals surface area contributed by atoms with Gasteiger partial charge in [-0.15, -0.1) is 0 Å². The Kier molecular flexibility index (Phi) is 4.73. The van der Waals surface area contributed by atoms with Crippen molar-refractivity contribution in [3.8, 4) is 5.75 Å². The van der Waals surface area contributed by atoms with E-state index in [1.807, 2.05) is 0 Å². The fourth-order valence-corrected chi connectivity index (χ4v) is 4.02. The predicted octanol–water partition coefficient (Wildman–Crippen LogP) is 3.80. The summed E-state index contributed by atoms with van der Waals surface area (Å²) in [5.41, 5.74) is -0.884. The van der Waals surface area contributed by atoms with Crippen LogP contribution in [0.2, 0.25) is 5.02 Å². The maximum atomic E-state index is 12.9. The minimum absolute atomic E-state index is 0.135. The Morgan fingerprint density at radius 3 is 2.59 bits per heavy atom. The molecule has 0 aromatic heterocycles. The SMILES string of the molecule is Cc1cc2c(cc1S(=O)(=O)Nc1cc(C(F)(F)F)ccc1Cl)OCC(=O)N2. The average molecular weight is 421 g/mol. The number of nitrogens with one attached hydrogen (secondary N) is 2. The highest BCUT2D eigenvalue weighted by Crippen LogP contribution is 2.36. The van der Waals surface area contributed by atoms with Gasteiger partial charge in [-0.25, -0.2) is 8.42 Å². The van der Waals surface area contributed by atoms with Crippen molar-refractivity contribution in [1.82, 2.24) is 0 Å². The summed E-state index contributed by atoms with van der Waals surface area (Å²) in [7, 11) is -4.27. The standard InChI is InChI=1S/C16H12ClF3N2O4S/c1-8-4-12-13(26-7-15(23)21-12)6-14(8)27(24,25)22-11-5-9(16(18,19)20)2-3-10(11)17/h2-6,22H,7H2,1H3,(H,21,23). The molecule has 144 valence electrons. The van der Waals surface area contributed by atoms with Crippen molar-refractivity contribution in [1.29, 1.82) is 0 Å². The molecule has 1 amide bonds. The number of rotatable bonds is 3. The normalized spacial score (nSPS) is 14.2. The molecule has 1 heterocycles. The van der Waals surface area contributed by atoms with Crippen LogP contribution < -0.4 is 14.8 Å². The Balaban J connectivity index is 2.00. The summed E-state index contributed by atoms with van der Waals surface area (Å²) in [5, 5.41) is 2.35. The quantitative estimate of drug-likeness (QED) is 0.791. The van der Waals surface area contributed by atoms with Crippen molar-refractivity contribution < 1.29 is 31.1 Å². The van der Waals surface area contributed by atoms with E-state index in [4.69, 9.17) is 16.3 Å². The van der Waals surface area contributed by atoms with Crippen molar-refractivity contribution in [3.63, 3.8) is 0 Å². The molecule has 2 aromatic carbocycles. The van der Waals surface area contributed by atoms with Crippen LogP contribution in [0, 0.1) is 6.92 Å². The number of hydrogen-bond acceptors (Lipinski definition) is 4. The largest absolute Gasteiger partial charge is 0.482 e. The molecule has 0 spiro atoms. The second-order valence-corrected chi connectivity index (χ2v) is 7.81. The number of amides is 1. The molecule has 3 rings (SSSR count). The van der Waals surface area contributed by atoms with Gasteiger partial charge in [-0.1, -0.05) is 11.6 Å². The van der Waals surface area contributed by atoms with Crippen molar-refractivity contribution in [2.75, 3.05) is 16.6 Å². The lowest BCUT2D eigenvalue weighted by atomic mass is 10.2. The third-order valence-corrected chi connectivity index (χ3v) is 5.57. The van der Waals surface area contributed by atoms with Crippen molar-refractivity contribution in [3.05, 3.63) is 46.5 Å². The number of ether oxygens (including phenoxy) is 1. The summed E-state index contributed by atoms with van der Waals surface area (Å²) < 4.78 is 71.2. The number of sulfonamides is 1. The number of carbonyl (C=O) groups excluding carboxylic acids is 1. The van der Waals surface area contributed by atoms with Gasteiger partial charge in [0.25, 0.3) is 15.9 Å². The van der Waals surface area contributed by atoms with E-state index in [1.165, 1.54) is 19.1 Å². The molecule has 0 fully saturated rings. The highest BCUT2D eigenvalue weighted by atomic mass is 35.5. The van der Waals surface area contributed by atoms with Gasteiger partial charge in [0, 0.05) is 6.07 Å². The van der Waals surface area contributed by atoms with E-state index < -0.39 is 27.5 Å². The summed E-state index contributed by atoms with van der Waals surface area (Å²) in [6, 6.07) is 4.91. The molecule has 27 heavy (non-hydrogen) atoms. The Labute approximate surface area is 157 Å². The monoisotopic (exact) mass is 420 g/mol. The lowest BCUT2D eigenvalue weighted by Crippen LogP contribution is -2.26. The third kappa shape index (κ3) is 3.96. The number of alkyl halides is 3. The zero-order valence-corrected chi connectivity index (χ0v) is 15.2. The molecule has 11 heteroatoms. The molecule has 1 aliphatic rings. The van der Waals surface area contributed by atoms with Crippen LogP contribution in [0.5, 0.6) is 5.75 Å². The van der Waals surface area contributed by atoms with E-state index in [1.54, 1.807) is 0 Å². The lowest BCUT2D eigenvalue weighted by Gasteiger charge is -2.20. The van der Waals surface area contributed by atoms with Gasteiger partial charge in [-0.2, -0.15) is 13.2 Å². The second kappa shape index (κ2) is 6.61. The summed E-state index contributed by atoms with van der Waals surface area (Å²) >= 11 is 5.84. The van der Waals surface area contributed by atoms with Crippen LogP contribution in [0.4, 0.5) is 24.5 Å². The molecule has 1 aliphatic heterocycles. The number of carbonyl (C=O) groups is 1. The topological polar surface area (TPSA) is 84.5 Å². The van der Waals surface area contributed by atoms with Crippen molar-refractivity contribution >= 4 is 38.9 Å². The molecule has 6 nitrogen and oxygen atoms in total. The first-order chi connectivity index (χ1) is 12.5. The first-order valence-corrected chi connectivity index (χ1v) is 9.30. The molecule has 0 atom stereocenters. The summed E-state index contributed by atoms with van der Waals surface area (Å²) in [6.45, 7) is 1.20. The minimum Gasteiger partial charge on any atom is -0.482 e. The molecule has 0 unspecified atom stereocenters. The van der Waals surface area contributed by atoms with Crippen LogP contribution >= 0.6 is 11.6 Å². The first kappa shape index (κ1) is 19.3. The van der Waals surface area contributed by atoms with Crippen LogP contribution in [0.25, 0.3) is 0 Å². The van der Waals surface area contributed by atoms with Gasteiger partial charge < -0.3 is 10.1 Å². The van der Waals surface area contributed by atoms with Crippen LogP contribution in [0.1, 0.15) is 11.1 Å². The van der Waals surface area contributed by atoms with Crippen molar-refractivity contribution in [2.24, 2.45) is 0 Å². The predicted molar refractivity (Wildman–Crippen MR) is 92.6 cm³/mol. The zero-order valence-electron chi connectivity index (χ0n) is 13.6. The van der Waals surface area contributed by atoms with Gasteiger partial charge >= 0.3 is 6.18 Å². The number of anilines is 2. The fraction of sp³-hybridized carbons (Fsp3) is 0.188. The van der Waals surface area contributed by atoms with E-state index in [-0.39, 0.29) is 33.7 Å². The summed E-state index contributed by atoms with van der Waals surface area (Å²) in [4.78, 5) is 11.1. The number of benzene rings is 2. The molecular weight excluding hydrogens is 409 g/mol. The Bertz CT molecular complexity index is 1040. The highest BCUT2D eigenvalue weighted by Gasteiger charge is 2.32. The number of aryl methyl sites for hydroxylation is 1. The van der Waals surface area contributed by atoms with Gasteiger partial charge in [0.2, 0.25) is 0 Å². The molecule has 0 saturated carbocycles. The first-order valence-electron chi connectivity index (χ1n) is 7.44. The molecule has 0 radical (unpaired) electrons. The molecule has 0 saturated heterocycles. The van der Waals surface area contributed by atoms with Gasteiger partial charge in [-0.05, 0) is 36.8 Å². The maximum Gasteiger partial charge on any atom is 0.416 e. The highest BCUT2D eigenvalue weighted by molar-refractivity contribution is 7.92. The summed E-state index contributed by atoms with van der Waals surface area (Å²) in [6.07, 6.45) is -4.65. The zero-order chi connectivity index (χ0) is 20.0.